The van der Waals surface area contributed by atoms with Crippen LogP contribution in [0.25, 0.3) is 11.2 Å². The molecule has 34 heavy (non-hydrogen) atoms. The lowest BCUT2D eigenvalue weighted by atomic mass is 9.99. The maximum Gasteiger partial charge on any atom is 0.332 e. The lowest BCUT2D eigenvalue weighted by molar-refractivity contribution is -0.113. The molecule has 1 atom stereocenters. The van der Waals surface area contributed by atoms with E-state index in [1.54, 1.807) is 38.4 Å². The minimum atomic E-state index is -0.422. The zero-order valence-corrected chi connectivity index (χ0v) is 21.3. The van der Waals surface area contributed by atoms with Gasteiger partial charge in [-0.2, -0.15) is 0 Å². The molecule has 9 nitrogen and oxygen atoms in total. The van der Waals surface area contributed by atoms with E-state index < -0.39 is 5.69 Å². The number of carbonyl (C=O) groups is 1. The average molecular weight is 488 g/mol. The number of thioether (sulfide) groups is 1. The van der Waals surface area contributed by atoms with Crippen molar-refractivity contribution in [1.82, 2.24) is 18.7 Å². The molecule has 10 heteroatoms. The predicted molar refractivity (Wildman–Crippen MR) is 136 cm³/mol. The number of imidazole rings is 1. The standard InChI is InChI=1S/C24H33N5O4S/c1-6-8-9-16(7-2)14-29-20-21(27(3)24(32)28(4)22(20)31)26-23(29)34-15-19(30)25-17-10-12-18(33-5)13-11-17/h10-13,16H,6-9,14-15H2,1-5H3,(H,25,30). The first kappa shape index (κ1) is 25.6. The molecule has 0 aliphatic rings. The summed E-state index contributed by atoms with van der Waals surface area (Å²) in [6, 6.07) is 7.10. The van der Waals surface area contributed by atoms with E-state index in [-0.39, 0.29) is 17.2 Å². The van der Waals surface area contributed by atoms with Gasteiger partial charge in [-0.3, -0.25) is 18.7 Å². The molecule has 3 aromatic rings. The average Bonchev–Trinajstić information content (AvgIpc) is 3.21. The minimum Gasteiger partial charge on any atom is -0.497 e. The Morgan fingerprint density at radius 1 is 1.15 bits per heavy atom. The summed E-state index contributed by atoms with van der Waals surface area (Å²) in [7, 11) is 4.68. The van der Waals surface area contributed by atoms with E-state index in [2.05, 4.69) is 24.1 Å². The van der Waals surface area contributed by atoms with Gasteiger partial charge in [-0.05, 0) is 36.6 Å². The molecule has 184 valence electrons. The Morgan fingerprint density at radius 2 is 1.85 bits per heavy atom. The molecule has 0 saturated heterocycles. The molecule has 1 unspecified atom stereocenters. The Morgan fingerprint density at radius 3 is 2.47 bits per heavy atom. The predicted octanol–water partition coefficient (Wildman–Crippen LogP) is 3.39. The van der Waals surface area contributed by atoms with Crippen LogP contribution in [0.5, 0.6) is 5.75 Å². The summed E-state index contributed by atoms with van der Waals surface area (Å²) in [5, 5.41) is 3.43. The molecule has 2 heterocycles. The first-order valence-corrected chi connectivity index (χ1v) is 12.5. The lowest BCUT2D eigenvalue weighted by Crippen LogP contribution is -2.37. The van der Waals surface area contributed by atoms with E-state index in [4.69, 9.17) is 4.74 Å². The maximum atomic E-state index is 13.0. The Kier molecular flexibility index (Phi) is 8.60. The number of nitrogens with zero attached hydrogens (tertiary/aromatic N) is 4. The largest absolute Gasteiger partial charge is 0.497 e. The summed E-state index contributed by atoms with van der Waals surface area (Å²) in [4.78, 5) is 42.7. The molecule has 0 saturated carbocycles. The summed E-state index contributed by atoms with van der Waals surface area (Å²) in [6.07, 6.45) is 4.22. The fourth-order valence-corrected chi connectivity index (χ4v) is 4.69. The van der Waals surface area contributed by atoms with Crippen molar-refractivity contribution < 1.29 is 9.53 Å². The third-order valence-electron chi connectivity index (χ3n) is 6.00. The number of nitrogens with one attached hydrogen (secondary N) is 1. The number of ether oxygens (including phenoxy) is 1. The normalized spacial score (nSPS) is 12.1. The highest BCUT2D eigenvalue weighted by Gasteiger charge is 2.22. The van der Waals surface area contributed by atoms with E-state index >= 15 is 0 Å². The fourth-order valence-electron chi connectivity index (χ4n) is 3.88. The number of anilines is 1. The molecular weight excluding hydrogens is 454 g/mol. The number of rotatable bonds is 11. The Hall–Kier alpha value is -3.01. The first-order valence-electron chi connectivity index (χ1n) is 11.5. The van der Waals surface area contributed by atoms with Gasteiger partial charge in [0.05, 0.1) is 12.9 Å². The van der Waals surface area contributed by atoms with Crippen LogP contribution in [0.2, 0.25) is 0 Å². The molecule has 1 aromatic carbocycles. The van der Waals surface area contributed by atoms with Gasteiger partial charge in [0.1, 0.15) is 5.75 Å². The number of carbonyl (C=O) groups excluding carboxylic acids is 1. The molecule has 2 aromatic heterocycles. The summed E-state index contributed by atoms with van der Waals surface area (Å²) < 4.78 is 9.54. The van der Waals surface area contributed by atoms with Crippen molar-refractivity contribution in [3.8, 4) is 5.75 Å². The number of unbranched alkanes of at least 4 members (excludes halogenated alkanes) is 1. The van der Waals surface area contributed by atoms with Crippen LogP contribution in [0, 0.1) is 5.92 Å². The molecule has 0 aliphatic heterocycles. The zero-order valence-electron chi connectivity index (χ0n) is 20.5. The van der Waals surface area contributed by atoms with Gasteiger partial charge < -0.3 is 14.6 Å². The monoisotopic (exact) mass is 487 g/mol. The third kappa shape index (κ3) is 5.55. The second-order valence-electron chi connectivity index (χ2n) is 8.36. The number of hydrogen-bond acceptors (Lipinski definition) is 6. The molecule has 0 spiro atoms. The van der Waals surface area contributed by atoms with E-state index in [0.717, 1.165) is 30.3 Å². The summed E-state index contributed by atoms with van der Waals surface area (Å²) in [5.74, 6) is 1.01. The number of fused-ring (bicyclic) bond motifs is 1. The van der Waals surface area contributed by atoms with Gasteiger partial charge in [-0.15, -0.1) is 0 Å². The third-order valence-corrected chi connectivity index (χ3v) is 6.98. The van der Waals surface area contributed by atoms with Crippen LogP contribution in [0.15, 0.2) is 39.0 Å². The molecule has 1 N–H and O–H groups in total. The van der Waals surface area contributed by atoms with Gasteiger partial charge in [-0.25, -0.2) is 9.78 Å². The first-order chi connectivity index (χ1) is 16.3. The van der Waals surface area contributed by atoms with Crippen LogP contribution in [0.4, 0.5) is 5.69 Å². The van der Waals surface area contributed by atoms with Gasteiger partial charge in [0, 0.05) is 26.3 Å². The molecule has 0 bridgehead atoms. The lowest BCUT2D eigenvalue weighted by Gasteiger charge is -2.17. The summed E-state index contributed by atoms with van der Waals surface area (Å²) in [5.41, 5.74) is 0.621. The van der Waals surface area contributed by atoms with Gasteiger partial charge >= 0.3 is 5.69 Å². The SMILES string of the molecule is CCCCC(CC)Cn1c(SCC(=O)Nc2ccc(OC)cc2)nc2c1c(=O)n(C)c(=O)n2C. The fraction of sp³-hybridized carbons (Fsp3) is 0.500. The van der Waals surface area contributed by atoms with Crippen molar-refractivity contribution in [2.45, 2.75) is 51.2 Å². The topological polar surface area (TPSA) is 100 Å². The van der Waals surface area contributed by atoms with Crippen molar-refractivity contribution in [3.63, 3.8) is 0 Å². The van der Waals surface area contributed by atoms with Crippen molar-refractivity contribution in [1.29, 1.82) is 0 Å². The van der Waals surface area contributed by atoms with E-state index in [9.17, 15) is 14.4 Å². The smallest absolute Gasteiger partial charge is 0.332 e. The Labute approximate surface area is 203 Å². The van der Waals surface area contributed by atoms with Crippen LogP contribution < -0.4 is 21.3 Å². The number of aryl methyl sites for hydroxylation is 1. The highest BCUT2D eigenvalue weighted by atomic mass is 32.2. The van der Waals surface area contributed by atoms with Gasteiger partial charge in [0.25, 0.3) is 5.56 Å². The number of methoxy groups -OCH3 is 1. The second-order valence-corrected chi connectivity index (χ2v) is 9.31. The quantitative estimate of drug-likeness (QED) is 0.416. The number of amides is 1. The van der Waals surface area contributed by atoms with Gasteiger partial charge in [0.15, 0.2) is 16.3 Å². The van der Waals surface area contributed by atoms with Crippen LogP contribution in [-0.2, 0) is 25.4 Å². The number of hydrogen-bond donors (Lipinski definition) is 1. The van der Waals surface area contributed by atoms with E-state index in [1.165, 1.54) is 23.4 Å². The molecular formula is C24H33N5O4S. The molecule has 0 aliphatic carbocycles. The molecule has 1 amide bonds. The second kappa shape index (κ2) is 11.4. The van der Waals surface area contributed by atoms with Crippen molar-refractivity contribution in [2.24, 2.45) is 20.0 Å². The molecule has 3 rings (SSSR count). The van der Waals surface area contributed by atoms with Crippen molar-refractivity contribution in [2.75, 3.05) is 18.2 Å². The van der Waals surface area contributed by atoms with Crippen molar-refractivity contribution >= 4 is 34.5 Å². The maximum absolute atomic E-state index is 13.0. The number of benzene rings is 1. The van der Waals surface area contributed by atoms with Crippen LogP contribution in [-0.4, -0.2) is 37.5 Å². The highest BCUT2D eigenvalue weighted by molar-refractivity contribution is 7.99. The highest BCUT2D eigenvalue weighted by Crippen LogP contribution is 2.26. The van der Waals surface area contributed by atoms with Crippen LogP contribution in [0.3, 0.4) is 0 Å². The van der Waals surface area contributed by atoms with E-state index in [0.29, 0.717) is 40.2 Å². The minimum absolute atomic E-state index is 0.120. The van der Waals surface area contributed by atoms with Gasteiger partial charge in [-0.1, -0.05) is 44.9 Å². The van der Waals surface area contributed by atoms with Crippen molar-refractivity contribution in [3.05, 3.63) is 45.1 Å². The van der Waals surface area contributed by atoms with E-state index in [1.807, 2.05) is 4.57 Å². The molecule has 0 radical (unpaired) electrons. The Balaban J connectivity index is 1.91. The Bertz CT molecular complexity index is 1260. The summed E-state index contributed by atoms with van der Waals surface area (Å²) >= 11 is 1.26. The molecule has 0 fully saturated rings. The summed E-state index contributed by atoms with van der Waals surface area (Å²) in [6.45, 7) is 4.92. The van der Waals surface area contributed by atoms with Crippen LogP contribution >= 0.6 is 11.8 Å². The van der Waals surface area contributed by atoms with Gasteiger partial charge in [0.2, 0.25) is 5.91 Å². The zero-order chi connectivity index (χ0) is 24.8. The number of aromatic nitrogens is 4. The van der Waals surface area contributed by atoms with Crippen LogP contribution in [0.1, 0.15) is 39.5 Å².